The molecule has 0 spiro atoms. The number of aromatic nitrogens is 2. The second-order valence-corrected chi connectivity index (χ2v) is 19.5. The Morgan fingerprint density at radius 3 is 2.10 bits per heavy atom. The van der Waals surface area contributed by atoms with Gasteiger partial charge in [-0.3, -0.25) is 0 Å². The van der Waals surface area contributed by atoms with E-state index in [4.69, 9.17) is 4.98 Å². The van der Waals surface area contributed by atoms with Gasteiger partial charge in [0, 0.05) is 43.1 Å². The molecular weight excluding hydrogens is 821 g/mol. The molecule has 0 aliphatic rings. The van der Waals surface area contributed by atoms with Crippen LogP contribution in [-0.2, 0) is 20.1 Å². The molecule has 1 atom stereocenters. The van der Waals surface area contributed by atoms with Crippen molar-refractivity contribution in [1.29, 1.82) is 0 Å². The number of fused-ring (bicyclic) bond motifs is 3. The van der Waals surface area contributed by atoms with Gasteiger partial charge in [-0.25, -0.2) is 0 Å². The maximum atomic E-state index is 4.69. The topological polar surface area (TPSA) is 25.8 Å². The van der Waals surface area contributed by atoms with E-state index in [-0.39, 0.29) is 20.1 Å². The van der Waals surface area contributed by atoms with Crippen LogP contribution in [-0.4, -0.2) is 18.0 Å². The van der Waals surface area contributed by atoms with E-state index in [1.165, 1.54) is 47.6 Å². The summed E-state index contributed by atoms with van der Waals surface area (Å²) >= 11 is 1.84. The fourth-order valence-corrected chi connectivity index (χ4v) is 8.32. The zero-order chi connectivity index (χ0) is 33.8. The standard InChI is InChI=1S/C31H22NS.C14H16NSi.Ir/c1-21(22-9-4-2-5-10-22)24-17-18-32-29(20-24)25-15-16-30-28(19-25)27-14-8-13-26(31(27)33-30)23-11-6-3-7-12-23;1-16(2,3)13-9-10-14(15-11-13)12-7-5-4-6-8-12;/h2-14,16-21H,1H3;4-7,9-11H,1-3H3;/q2*-1;. The molecular formula is C45H38IrN2SSi-2. The molecule has 1 radical (unpaired) electrons. The number of hydrogen-bond donors (Lipinski definition) is 0. The predicted octanol–water partition coefficient (Wildman–Crippen LogP) is 11.8. The molecule has 0 fully saturated rings. The summed E-state index contributed by atoms with van der Waals surface area (Å²) in [5.41, 5.74) is 9.18. The van der Waals surface area contributed by atoms with Crippen molar-refractivity contribution < 1.29 is 20.1 Å². The third-order valence-corrected chi connectivity index (χ3v) is 12.2. The Morgan fingerprint density at radius 1 is 0.640 bits per heavy atom. The van der Waals surface area contributed by atoms with Crippen LogP contribution in [0.2, 0.25) is 19.6 Å². The van der Waals surface area contributed by atoms with Crippen LogP contribution < -0.4 is 5.19 Å². The predicted molar refractivity (Wildman–Crippen MR) is 212 cm³/mol. The van der Waals surface area contributed by atoms with Gasteiger partial charge in [0.1, 0.15) is 0 Å². The molecule has 5 aromatic carbocycles. The molecule has 2 nitrogen and oxygen atoms in total. The second kappa shape index (κ2) is 15.6. The molecule has 1 unspecified atom stereocenters. The number of hydrogen-bond acceptors (Lipinski definition) is 3. The minimum Gasteiger partial charge on any atom is -0.305 e. The van der Waals surface area contributed by atoms with Crippen molar-refractivity contribution in [1.82, 2.24) is 9.97 Å². The third-order valence-electron chi connectivity index (χ3n) is 8.99. The quantitative estimate of drug-likeness (QED) is 0.123. The molecule has 0 aliphatic carbocycles. The SMILES string of the molecule is CC(c1ccccc1)c1ccnc(-c2[c-]cc3sc4c(-c5ccccc5)cccc4c3c2)c1.C[Si](C)(C)c1ccc(-c2[c-]cccc2)nc1.[Ir]. The first kappa shape index (κ1) is 35.3. The van der Waals surface area contributed by atoms with Crippen LogP contribution in [0.3, 0.4) is 0 Å². The van der Waals surface area contributed by atoms with E-state index in [1.54, 1.807) is 0 Å². The Bertz CT molecular complexity index is 2310. The van der Waals surface area contributed by atoms with Crippen LogP contribution in [0.15, 0.2) is 152 Å². The van der Waals surface area contributed by atoms with Gasteiger partial charge >= 0.3 is 0 Å². The molecule has 3 heterocycles. The Labute approximate surface area is 314 Å². The first-order valence-corrected chi connectivity index (χ1v) is 21.0. The third kappa shape index (κ3) is 7.77. The number of pyridine rings is 2. The van der Waals surface area contributed by atoms with Gasteiger partial charge in [-0.15, -0.1) is 59.7 Å². The van der Waals surface area contributed by atoms with Gasteiger partial charge in [0.05, 0.1) is 8.07 Å². The van der Waals surface area contributed by atoms with E-state index in [0.29, 0.717) is 5.92 Å². The van der Waals surface area contributed by atoms with Crippen LogP contribution in [0.25, 0.3) is 53.8 Å². The Balaban J connectivity index is 0.000000215. The molecule has 0 bridgehead atoms. The Morgan fingerprint density at radius 2 is 1.40 bits per heavy atom. The fraction of sp³-hybridized carbons (Fsp3) is 0.111. The second-order valence-electron chi connectivity index (χ2n) is 13.3. The van der Waals surface area contributed by atoms with Gasteiger partial charge in [-0.2, -0.15) is 11.3 Å². The van der Waals surface area contributed by atoms with E-state index in [2.05, 4.69) is 159 Å². The van der Waals surface area contributed by atoms with Crippen molar-refractivity contribution >= 4 is 44.8 Å². The average Bonchev–Trinajstić information content (AvgIpc) is 3.54. The number of rotatable bonds is 6. The molecule has 8 rings (SSSR count). The van der Waals surface area contributed by atoms with E-state index in [9.17, 15) is 0 Å². The molecule has 0 N–H and O–H groups in total. The largest absolute Gasteiger partial charge is 0.305 e. The van der Waals surface area contributed by atoms with Crippen LogP contribution in [0, 0.1) is 12.1 Å². The normalized spacial score (nSPS) is 11.8. The van der Waals surface area contributed by atoms with Gasteiger partial charge in [0.2, 0.25) is 0 Å². The van der Waals surface area contributed by atoms with Gasteiger partial charge in [0.15, 0.2) is 0 Å². The van der Waals surface area contributed by atoms with E-state index < -0.39 is 8.07 Å². The zero-order valence-corrected chi connectivity index (χ0v) is 32.9. The van der Waals surface area contributed by atoms with E-state index in [0.717, 1.165) is 22.5 Å². The molecule has 5 heteroatoms. The van der Waals surface area contributed by atoms with E-state index >= 15 is 0 Å². The summed E-state index contributed by atoms with van der Waals surface area (Å²) in [6.07, 6.45) is 3.93. The summed E-state index contributed by atoms with van der Waals surface area (Å²) in [6.45, 7) is 9.24. The first-order valence-electron chi connectivity index (χ1n) is 16.7. The molecule has 0 amide bonds. The number of thiophene rings is 1. The Kier molecular flexibility index (Phi) is 11.0. The van der Waals surface area contributed by atoms with E-state index in [1.807, 2.05) is 48.0 Å². The summed E-state index contributed by atoms with van der Waals surface area (Å²) in [5.74, 6) is 0.312. The van der Waals surface area contributed by atoms with Crippen molar-refractivity contribution in [2.45, 2.75) is 32.5 Å². The molecule has 0 saturated carbocycles. The molecule has 0 aliphatic heterocycles. The molecule has 50 heavy (non-hydrogen) atoms. The minimum atomic E-state index is -1.23. The van der Waals surface area contributed by atoms with Gasteiger partial charge in [0.25, 0.3) is 0 Å². The fourth-order valence-electron chi connectivity index (χ4n) is 6.08. The molecule has 249 valence electrons. The van der Waals surface area contributed by atoms with Crippen molar-refractivity contribution in [2.75, 3.05) is 0 Å². The monoisotopic (exact) mass is 859 g/mol. The van der Waals surface area contributed by atoms with Gasteiger partial charge < -0.3 is 9.97 Å². The summed E-state index contributed by atoms with van der Waals surface area (Å²) in [6, 6.07) is 55.5. The summed E-state index contributed by atoms with van der Waals surface area (Å²) < 4.78 is 2.58. The number of nitrogens with zero attached hydrogens (tertiary/aromatic N) is 2. The number of benzene rings is 5. The smallest absolute Gasteiger partial charge is 0.0795 e. The van der Waals surface area contributed by atoms with Gasteiger partial charge in [-0.1, -0.05) is 129 Å². The maximum Gasteiger partial charge on any atom is 0.0795 e. The summed E-state index contributed by atoms with van der Waals surface area (Å²) in [7, 11) is -1.23. The summed E-state index contributed by atoms with van der Waals surface area (Å²) in [4.78, 5) is 9.21. The Hall–Kier alpha value is -4.51. The maximum absolute atomic E-state index is 4.69. The van der Waals surface area contributed by atoms with Crippen LogP contribution in [0.1, 0.15) is 24.0 Å². The van der Waals surface area contributed by atoms with Crippen LogP contribution in [0.4, 0.5) is 0 Å². The molecule has 0 saturated heterocycles. The van der Waals surface area contributed by atoms with Crippen LogP contribution >= 0.6 is 11.3 Å². The van der Waals surface area contributed by atoms with Crippen molar-refractivity contribution in [2.24, 2.45) is 0 Å². The molecule has 3 aromatic heterocycles. The van der Waals surface area contributed by atoms with Gasteiger partial charge in [-0.05, 0) is 55.0 Å². The van der Waals surface area contributed by atoms with Crippen LogP contribution in [0.5, 0.6) is 0 Å². The summed E-state index contributed by atoms with van der Waals surface area (Å²) in [5, 5.41) is 3.96. The first-order chi connectivity index (χ1) is 23.8. The minimum absolute atomic E-state index is 0. The van der Waals surface area contributed by atoms with Crippen molar-refractivity contribution in [3.63, 3.8) is 0 Å². The average molecular weight is 859 g/mol. The van der Waals surface area contributed by atoms with Crippen molar-refractivity contribution in [3.8, 4) is 33.6 Å². The van der Waals surface area contributed by atoms with Crippen molar-refractivity contribution in [3.05, 3.63) is 175 Å². The molecule has 8 aromatic rings. The zero-order valence-electron chi connectivity index (χ0n) is 28.6.